The molecule has 0 aliphatic rings. The summed E-state index contributed by atoms with van der Waals surface area (Å²) in [4.78, 5) is 2.39. The molecule has 0 fully saturated rings. The minimum absolute atomic E-state index is 0.516. The van der Waals surface area contributed by atoms with E-state index in [1.807, 2.05) is 19.1 Å². The molecule has 0 amide bonds. The van der Waals surface area contributed by atoms with E-state index in [2.05, 4.69) is 30.9 Å². The molecule has 104 valence electrons. The number of hydrogen-bond acceptors (Lipinski definition) is 3. The Morgan fingerprint density at radius 2 is 2.00 bits per heavy atom. The van der Waals surface area contributed by atoms with E-state index in [-0.39, 0.29) is 0 Å². The summed E-state index contributed by atoms with van der Waals surface area (Å²) < 4.78 is 5.21. The molecule has 0 saturated heterocycles. The summed E-state index contributed by atoms with van der Waals surface area (Å²) in [6.45, 7) is 8.02. The number of ether oxygens (including phenoxy) is 1. The fourth-order valence-corrected chi connectivity index (χ4v) is 2.39. The molecule has 3 heteroatoms. The van der Waals surface area contributed by atoms with Crippen LogP contribution in [0.5, 0.6) is 0 Å². The van der Waals surface area contributed by atoms with Crippen LogP contribution in [0.1, 0.15) is 37.8 Å². The monoisotopic (exact) mass is 260 g/mol. The van der Waals surface area contributed by atoms with Crippen LogP contribution >= 0.6 is 0 Å². The highest BCUT2D eigenvalue weighted by molar-refractivity contribution is 5.54. The molecule has 19 heavy (non-hydrogen) atoms. The Hall–Kier alpha value is -1.53. The summed E-state index contributed by atoms with van der Waals surface area (Å²) in [7, 11) is 1.73. The third-order valence-corrected chi connectivity index (χ3v) is 3.58. The molecule has 0 spiro atoms. The maximum atomic E-state index is 9.01. The van der Waals surface area contributed by atoms with Crippen LogP contribution in [-0.4, -0.2) is 26.3 Å². The van der Waals surface area contributed by atoms with Crippen LogP contribution in [0.4, 0.5) is 5.69 Å². The van der Waals surface area contributed by atoms with Crippen LogP contribution in [0.2, 0.25) is 0 Å². The largest absolute Gasteiger partial charge is 0.383 e. The number of nitrogens with zero attached hydrogens (tertiary/aromatic N) is 2. The van der Waals surface area contributed by atoms with Crippen molar-refractivity contribution in [1.29, 1.82) is 5.26 Å². The average molecular weight is 260 g/mol. The normalized spacial score (nSPS) is 10.5. The quantitative estimate of drug-likeness (QED) is 0.752. The van der Waals surface area contributed by atoms with E-state index in [9.17, 15) is 0 Å². The molecule has 0 N–H and O–H groups in total. The van der Waals surface area contributed by atoms with E-state index in [0.29, 0.717) is 6.04 Å². The van der Waals surface area contributed by atoms with Gasteiger partial charge in [-0.1, -0.05) is 13.8 Å². The highest BCUT2D eigenvalue weighted by Gasteiger charge is 2.16. The van der Waals surface area contributed by atoms with Crippen molar-refractivity contribution in [3.05, 3.63) is 29.3 Å². The van der Waals surface area contributed by atoms with Gasteiger partial charge in [-0.25, -0.2) is 0 Å². The lowest BCUT2D eigenvalue weighted by atomic mass is 10.1. The van der Waals surface area contributed by atoms with E-state index in [1.165, 1.54) is 5.69 Å². The van der Waals surface area contributed by atoms with Gasteiger partial charge in [-0.05, 0) is 43.5 Å². The molecule has 1 aromatic carbocycles. The first-order valence-electron chi connectivity index (χ1n) is 6.94. The lowest BCUT2D eigenvalue weighted by Crippen LogP contribution is -2.37. The molecule has 3 nitrogen and oxygen atoms in total. The predicted octanol–water partition coefficient (Wildman–Crippen LogP) is 3.51. The fourth-order valence-electron chi connectivity index (χ4n) is 2.39. The minimum atomic E-state index is 0.516. The molecule has 0 radical (unpaired) electrons. The highest BCUT2D eigenvalue weighted by atomic mass is 16.5. The van der Waals surface area contributed by atoms with Gasteiger partial charge in [0.2, 0.25) is 0 Å². The zero-order chi connectivity index (χ0) is 14.3. The number of benzene rings is 1. The predicted molar refractivity (Wildman–Crippen MR) is 79.5 cm³/mol. The maximum Gasteiger partial charge on any atom is 0.0994 e. The average Bonchev–Trinajstić information content (AvgIpc) is 2.43. The summed E-state index contributed by atoms with van der Waals surface area (Å²) in [5.74, 6) is 0. The van der Waals surface area contributed by atoms with E-state index in [1.54, 1.807) is 7.11 Å². The highest BCUT2D eigenvalue weighted by Crippen LogP contribution is 2.23. The standard InChI is InChI=1S/C16H24N2O/c1-5-15(6-2)18(9-10-19-4)16-8-7-14(12-17)13(3)11-16/h7-8,11,15H,5-6,9-10H2,1-4H3. The third-order valence-electron chi connectivity index (χ3n) is 3.58. The molecule has 0 heterocycles. The number of nitriles is 1. The van der Waals surface area contributed by atoms with Crippen LogP contribution in [-0.2, 0) is 4.74 Å². The number of methoxy groups -OCH3 is 1. The molecule has 1 rings (SSSR count). The lowest BCUT2D eigenvalue weighted by Gasteiger charge is -2.33. The van der Waals surface area contributed by atoms with Gasteiger partial charge in [-0.2, -0.15) is 5.26 Å². The van der Waals surface area contributed by atoms with Gasteiger partial charge in [-0.15, -0.1) is 0 Å². The summed E-state index contributed by atoms with van der Waals surface area (Å²) in [6, 6.07) is 8.79. The van der Waals surface area contributed by atoms with Crippen molar-refractivity contribution in [3.63, 3.8) is 0 Å². The Morgan fingerprint density at radius 1 is 1.32 bits per heavy atom. The van der Waals surface area contributed by atoms with E-state index in [0.717, 1.165) is 37.1 Å². The third kappa shape index (κ3) is 3.97. The van der Waals surface area contributed by atoms with E-state index >= 15 is 0 Å². The lowest BCUT2D eigenvalue weighted by molar-refractivity contribution is 0.202. The van der Waals surface area contributed by atoms with Crippen molar-refractivity contribution < 1.29 is 4.74 Å². The zero-order valence-electron chi connectivity index (χ0n) is 12.4. The molecule has 0 aromatic heterocycles. The fraction of sp³-hybridized carbons (Fsp3) is 0.562. The van der Waals surface area contributed by atoms with Gasteiger partial charge in [0.15, 0.2) is 0 Å². The summed E-state index contributed by atoms with van der Waals surface area (Å²) >= 11 is 0. The number of hydrogen-bond donors (Lipinski definition) is 0. The van der Waals surface area contributed by atoms with Crippen molar-refractivity contribution in [2.24, 2.45) is 0 Å². The van der Waals surface area contributed by atoms with Gasteiger partial charge < -0.3 is 9.64 Å². The topological polar surface area (TPSA) is 36.3 Å². The van der Waals surface area contributed by atoms with Crippen molar-refractivity contribution >= 4 is 5.69 Å². The van der Waals surface area contributed by atoms with Gasteiger partial charge in [-0.3, -0.25) is 0 Å². The first-order valence-corrected chi connectivity index (χ1v) is 6.94. The number of aryl methyl sites for hydroxylation is 1. The van der Waals surface area contributed by atoms with Gasteiger partial charge in [0.1, 0.15) is 0 Å². The molecule has 1 aromatic rings. The van der Waals surface area contributed by atoms with Crippen molar-refractivity contribution in [2.45, 2.75) is 39.7 Å². The molecule has 0 bridgehead atoms. The summed E-state index contributed by atoms with van der Waals surface area (Å²) in [5.41, 5.74) is 2.97. The van der Waals surface area contributed by atoms with Crippen LogP contribution in [0, 0.1) is 18.3 Å². The molecular formula is C16H24N2O. The summed E-state index contributed by atoms with van der Waals surface area (Å²) in [6.07, 6.45) is 2.22. The molecular weight excluding hydrogens is 236 g/mol. The molecule has 0 aliphatic heterocycles. The number of rotatable bonds is 7. The van der Waals surface area contributed by atoms with Crippen LogP contribution in [0.15, 0.2) is 18.2 Å². The van der Waals surface area contributed by atoms with Crippen LogP contribution in [0.3, 0.4) is 0 Å². The van der Waals surface area contributed by atoms with Gasteiger partial charge >= 0.3 is 0 Å². The van der Waals surface area contributed by atoms with Gasteiger partial charge in [0.25, 0.3) is 0 Å². The smallest absolute Gasteiger partial charge is 0.0994 e. The van der Waals surface area contributed by atoms with E-state index in [4.69, 9.17) is 10.00 Å². The Bertz CT molecular complexity index is 433. The Labute approximate surface area is 116 Å². The van der Waals surface area contributed by atoms with Crippen molar-refractivity contribution in [3.8, 4) is 6.07 Å². The Balaban J connectivity index is 3.03. The van der Waals surface area contributed by atoms with Crippen LogP contribution < -0.4 is 4.90 Å². The maximum absolute atomic E-state index is 9.01. The first-order chi connectivity index (χ1) is 9.17. The van der Waals surface area contributed by atoms with Crippen molar-refractivity contribution in [2.75, 3.05) is 25.2 Å². The second kappa shape index (κ2) is 7.81. The first kappa shape index (κ1) is 15.5. The summed E-state index contributed by atoms with van der Waals surface area (Å²) in [5, 5.41) is 9.01. The molecule has 0 saturated carbocycles. The van der Waals surface area contributed by atoms with E-state index < -0.39 is 0 Å². The number of anilines is 1. The van der Waals surface area contributed by atoms with Crippen molar-refractivity contribution in [1.82, 2.24) is 0 Å². The Kier molecular flexibility index (Phi) is 6.38. The second-order valence-corrected chi connectivity index (χ2v) is 4.77. The second-order valence-electron chi connectivity index (χ2n) is 4.77. The molecule has 0 aliphatic carbocycles. The van der Waals surface area contributed by atoms with Gasteiger partial charge in [0.05, 0.1) is 18.2 Å². The molecule has 0 unspecified atom stereocenters. The SMILES string of the molecule is CCC(CC)N(CCOC)c1ccc(C#N)c(C)c1. The molecule has 0 atom stereocenters. The van der Waals surface area contributed by atoms with Crippen LogP contribution in [0.25, 0.3) is 0 Å². The minimum Gasteiger partial charge on any atom is -0.383 e. The van der Waals surface area contributed by atoms with Gasteiger partial charge in [0, 0.05) is 25.4 Å². The Morgan fingerprint density at radius 3 is 2.47 bits per heavy atom. The zero-order valence-corrected chi connectivity index (χ0v) is 12.4.